The van der Waals surface area contributed by atoms with E-state index < -0.39 is 16.6 Å². The Balaban J connectivity index is 3.57. The van der Waals surface area contributed by atoms with Crippen LogP contribution in [0.2, 0.25) is 0 Å². The van der Waals surface area contributed by atoms with Crippen LogP contribution < -0.4 is 0 Å². The highest BCUT2D eigenvalue weighted by atomic mass is 16.6. The smallest absolute Gasteiger partial charge is 0.335 e. The van der Waals surface area contributed by atoms with Crippen LogP contribution in [0.1, 0.15) is 28.4 Å². The fourth-order valence-corrected chi connectivity index (χ4v) is 1.36. The van der Waals surface area contributed by atoms with E-state index in [1.807, 2.05) is 0 Å². The van der Waals surface area contributed by atoms with Crippen LogP contribution in [-0.2, 0) is 6.42 Å². The molecule has 1 N–H and O–H groups in total. The number of rotatable bonds is 3. The molecule has 0 saturated carbocycles. The van der Waals surface area contributed by atoms with Crippen molar-refractivity contribution in [1.29, 1.82) is 5.26 Å². The zero-order chi connectivity index (χ0) is 12.3. The third-order valence-electron chi connectivity index (χ3n) is 2.14. The van der Waals surface area contributed by atoms with Crippen LogP contribution in [0.25, 0.3) is 0 Å². The molecule has 0 heterocycles. The Kier molecular flexibility index (Phi) is 3.20. The average molecular weight is 220 g/mol. The van der Waals surface area contributed by atoms with Gasteiger partial charge in [-0.1, -0.05) is 6.92 Å². The van der Waals surface area contributed by atoms with Crippen molar-refractivity contribution in [2.75, 3.05) is 0 Å². The minimum atomic E-state index is -1.25. The summed E-state index contributed by atoms with van der Waals surface area (Å²) < 4.78 is 0. The molecular weight excluding hydrogens is 212 g/mol. The molecule has 0 bridgehead atoms. The molecule has 0 aliphatic rings. The van der Waals surface area contributed by atoms with Crippen LogP contribution in [0.15, 0.2) is 12.1 Å². The van der Waals surface area contributed by atoms with Crippen molar-refractivity contribution >= 4 is 11.7 Å². The third-order valence-corrected chi connectivity index (χ3v) is 2.14. The number of carbonyl (C=O) groups is 1. The monoisotopic (exact) mass is 220 g/mol. The van der Waals surface area contributed by atoms with Gasteiger partial charge in [0.1, 0.15) is 11.6 Å². The fraction of sp³-hybridized carbons (Fsp3) is 0.200. The Morgan fingerprint density at radius 2 is 2.25 bits per heavy atom. The Morgan fingerprint density at radius 3 is 2.62 bits per heavy atom. The molecule has 0 amide bonds. The molecule has 0 atom stereocenters. The van der Waals surface area contributed by atoms with Gasteiger partial charge in [-0.3, -0.25) is 10.1 Å². The van der Waals surface area contributed by atoms with Gasteiger partial charge < -0.3 is 5.11 Å². The molecule has 0 radical (unpaired) electrons. The highest BCUT2D eigenvalue weighted by Crippen LogP contribution is 2.24. The van der Waals surface area contributed by atoms with Crippen molar-refractivity contribution in [3.05, 3.63) is 38.9 Å². The van der Waals surface area contributed by atoms with E-state index in [0.29, 0.717) is 12.0 Å². The topological polar surface area (TPSA) is 104 Å². The normalized spacial score (nSPS) is 9.50. The van der Waals surface area contributed by atoms with E-state index in [4.69, 9.17) is 10.4 Å². The van der Waals surface area contributed by atoms with E-state index in [1.165, 1.54) is 6.07 Å². The summed E-state index contributed by atoms with van der Waals surface area (Å²) in [7, 11) is 0. The Hall–Kier alpha value is -2.42. The number of carboxylic acids is 1. The Bertz CT molecular complexity index is 502. The number of nitriles is 1. The molecule has 1 aromatic rings. The van der Waals surface area contributed by atoms with Crippen molar-refractivity contribution in [3.8, 4) is 6.07 Å². The maximum absolute atomic E-state index is 10.7. The lowest BCUT2D eigenvalue weighted by Gasteiger charge is -2.03. The van der Waals surface area contributed by atoms with Crippen LogP contribution in [-0.4, -0.2) is 16.0 Å². The highest BCUT2D eigenvalue weighted by Gasteiger charge is 2.20. The van der Waals surface area contributed by atoms with E-state index >= 15 is 0 Å². The van der Waals surface area contributed by atoms with Crippen molar-refractivity contribution in [1.82, 2.24) is 0 Å². The molecule has 0 aromatic heterocycles. The maximum atomic E-state index is 10.7. The summed E-state index contributed by atoms with van der Waals surface area (Å²) >= 11 is 0. The van der Waals surface area contributed by atoms with Crippen LogP contribution >= 0.6 is 0 Å². The highest BCUT2D eigenvalue weighted by molar-refractivity contribution is 5.89. The van der Waals surface area contributed by atoms with Gasteiger partial charge in [0.2, 0.25) is 0 Å². The first-order valence-corrected chi connectivity index (χ1v) is 4.46. The fourth-order valence-electron chi connectivity index (χ4n) is 1.36. The second-order valence-electron chi connectivity index (χ2n) is 3.06. The van der Waals surface area contributed by atoms with Crippen LogP contribution in [0.4, 0.5) is 5.69 Å². The molecule has 0 fully saturated rings. The van der Waals surface area contributed by atoms with Gasteiger partial charge in [0.05, 0.1) is 10.5 Å². The molecule has 1 aromatic carbocycles. The lowest BCUT2D eigenvalue weighted by Crippen LogP contribution is -2.03. The summed E-state index contributed by atoms with van der Waals surface area (Å²) in [5.74, 6) is -1.25. The second kappa shape index (κ2) is 4.40. The largest absolute Gasteiger partial charge is 0.478 e. The van der Waals surface area contributed by atoms with E-state index in [9.17, 15) is 14.9 Å². The standard InChI is InChI=1S/C10H8N2O4/c1-2-6-3-7(10(13)14)4-9(12(15)16)8(6)5-11/h3-4H,2H2,1H3,(H,13,14). The first kappa shape index (κ1) is 11.7. The quantitative estimate of drug-likeness (QED) is 0.616. The lowest BCUT2D eigenvalue weighted by atomic mass is 10.0. The minimum Gasteiger partial charge on any atom is -0.478 e. The van der Waals surface area contributed by atoms with E-state index in [-0.39, 0.29) is 11.1 Å². The summed E-state index contributed by atoms with van der Waals surface area (Å²) in [6, 6.07) is 3.92. The SMILES string of the molecule is CCc1cc(C(=O)O)cc([N+](=O)[O-])c1C#N. The van der Waals surface area contributed by atoms with Crippen molar-refractivity contribution in [2.24, 2.45) is 0 Å². The van der Waals surface area contributed by atoms with Gasteiger partial charge in [0.15, 0.2) is 0 Å². The molecule has 0 aliphatic carbocycles. The van der Waals surface area contributed by atoms with E-state index in [1.54, 1.807) is 13.0 Å². The number of nitro benzene ring substituents is 1. The third kappa shape index (κ3) is 1.98. The van der Waals surface area contributed by atoms with Crippen molar-refractivity contribution < 1.29 is 14.8 Å². The Labute approximate surface area is 90.9 Å². The minimum absolute atomic E-state index is 0.0718. The summed E-state index contributed by atoms with van der Waals surface area (Å²) in [6.07, 6.45) is 0.366. The van der Waals surface area contributed by atoms with Gasteiger partial charge in [-0.2, -0.15) is 5.26 Å². The van der Waals surface area contributed by atoms with Crippen LogP contribution in [0, 0.1) is 21.4 Å². The number of benzene rings is 1. The number of nitrogens with zero attached hydrogens (tertiary/aromatic N) is 2. The number of carboxylic acid groups (broad SMARTS) is 1. The molecule has 6 nitrogen and oxygen atoms in total. The van der Waals surface area contributed by atoms with Crippen molar-refractivity contribution in [3.63, 3.8) is 0 Å². The van der Waals surface area contributed by atoms with Gasteiger partial charge in [0, 0.05) is 6.07 Å². The molecule has 16 heavy (non-hydrogen) atoms. The first-order valence-electron chi connectivity index (χ1n) is 4.46. The number of aryl methyl sites for hydroxylation is 1. The molecule has 1 rings (SSSR count). The van der Waals surface area contributed by atoms with Crippen LogP contribution in [0.5, 0.6) is 0 Å². The van der Waals surface area contributed by atoms with Gasteiger partial charge in [-0.25, -0.2) is 4.79 Å². The van der Waals surface area contributed by atoms with Crippen molar-refractivity contribution in [2.45, 2.75) is 13.3 Å². The molecule has 6 heteroatoms. The van der Waals surface area contributed by atoms with Gasteiger partial charge in [0.25, 0.3) is 5.69 Å². The predicted molar refractivity (Wildman–Crippen MR) is 54.1 cm³/mol. The second-order valence-corrected chi connectivity index (χ2v) is 3.06. The summed E-state index contributed by atoms with van der Waals surface area (Å²) in [6.45, 7) is 1.70. The number of hydrogen-bond acceptors (Lipinski definition) is 4. The molecule has 0 aliphatic heterocycles. The maximum Gasteiger partial charge on any atom is 0.335 e. The summed E-state index contributed by atoms with van der Waals surface area (Å²) in [5.41, 5.74) is -0.339. The number of nitro groups is 1. The molecule has 0 spiro atoms. The van der Waals surface area contributed by atoms with Crippen LogP contribution in [0.3, 0.4) is 0 Å². The van der Waals surface area contributed by atoms with E-state index in [0.717, 1.165) is 6.07 Å². The zero-order valence-electron chi connectivity index (χ0n) is 8.43. The molecule has 0 unspecified atom stereocenters. The summed E-state index contributed by atoms with van der Waals surface area (Å²) in [4.78, 5) is 20.7. The Morgan fingerprint density at radius 1 is 1.62 bits per heavy atom. The molecule has 0 saturated heterocycles. The number of aromatic carboxylic acids is 1. The predicted octanol–water partition coefficient (Wildman–Crippen LogP) is 1.73. The summed E-state index contributed by atoms with van der Waals surface area (Å²) in [5, 5.41) is 28.3. The zero-order valence-corrected chi connectivity index (χ0v) is 8.43. The van der Waals surface area contributed by atoms with Gasteiger partial charge >= 0.3 is 5.97 Å². The lowest BCUT2D eigenvalue weighted by molar-refractivity contribution is -0.385. The van der Waals surface area contributed by atoms with E-state index in [2.05, 4.69) is 0 Å². The van der Waals surface area contributed by atoms with Gasteiger partial charge in [-0.15, -0.1) is 0 Å². The first-order chi connectivity index (χ1) is 7.51. The van der Waals surface area contributed by atoms with Gasteiger partial charge in [-0.05, 0) is 18.1 Å². The molecule has 82 valence electrons. The average Bonchev–Trinajstić information content (AvgIpc) is 2.26. The number of hydrogen-bond donors (Lipinski definition) is 1. The molecular formula is C10H8N2O4.